The summed E-state index contributed by atoms with van der Waals surface area (Å²) >= 11 is 0. The second-order valence-electron chi connectivity index (χ2n) is 4.41. The third-order valence-electron chi connectivity index (χ3n) is 2.91. The molecule has 0 aromatic heterocycles. The van der Waals surface area contributed by atoms with E-state index in [0.717, 1.165) is 0 Å². The van der Waals surface area contributed by atoms with E-state index in [0.29, 0.717) is 24.0 Å². The third-order valence-corrected chi connectivity index (χ3v) is 2.91. The van der Waals surface area contributed by atoms with Crippen molar-refractivity contribution in [2.24, 2.45) is 5.92 Å². The Morgan fingerprint density at radius 2 is 2.17 bits per heavy atom. The molecule has 0 radical (unpaired) electrons. The zero-order valence-electron chi connectivity index (χ0n) is 10.1. The quantitative estimate of drug-likeness (QED) is 0.804. The highest BCUT2D eigenvalue weighted by molar-refractivity contribution is 5.74. The average molecular weight is 252 g/mol. The van der Waals surface area contributed by atoms with E-state index in [1.54, 1.807) is 6.07 Å². The number of carboxylic acids is 1. The van der Waals surface area contributed by atoms with Crippen LogP contribution < -0.4 is 9.47 Å². The van der Waals surface area contributed by atoms with Gasteiger partial charge in [0.1, 0.15) is 0 Å². The number of rotatable bonds is 6. The number of carboxylic acid groups (broad SMARTS) is 1. The average Bonchev–Trinajstić information content (AvgIpc) is 3.19. The number of ether oxygens (including phenoxy) is 2. The van der Waals surface area contributed by atoms with Crippen molar-refractivity contribution in [3.63, 3.8) is 0 Å². The Labute approximate surface area is 105 Å². The molecule has 1 unspecified atom stereocenters. The number of hydrogen-bond acceptors (Lipinski definition) is 4. The van der Waals surface area contributed by atoms with Gasteiger partial charge in [-0.05, 0) is 36.5 Å². The number of aliphatic hydroxyl groups excluding tert-OH is 1. The summed E-state index contributed by atoms with van der Waals surface area (Å²) in [6.45, 7) is 0.600. The van der Waals surface area contributed by atoms with Crippen molar-refractivity contribution in [1.29, 1.82) is 0 Å². The van der Waals surface area contributed by atoms with E-state index in [2.05, 4.69) is 0 Å². The van der Waals surface area contributed by atoms with Gasteiger partial charge in [0.2, 0.25) is 0 Å². The molecule has 18 heavy (non-hydrogen) atoms. The number of aliphatic hydroxyl groups is 1. The number of carbonyl (C=O) groups is 1. The second kappa shape index (κ2) is 5.27. The zero-order chi connectivity index (χ0) is 13.1. The molecule has 5 nitrogen and oxygen atoms in total. The van der Waals surface area contributed by atoms with Crippen LogP contribution in [0.2, 0.25) is 0 Å². The van der Waals surface area contributed by atoms with Crippen LogP contribution in [0.4, 0.5) is 0 Å². The van der Waals surface area contributed by atoms with Crippen molar-refractivity contribution < 1.29 is 24.5 Å². The molecule has 1 aromatic rings. The minimum atomic E-state index is -1.54. The number of hydrogen-bond donors (Lipinski definition) is 2. The van der Waals surface area contributed by atoms with Crippen LogP contribution in [0.5, 0.6) is 11.5 Å². The van der Waals surface area contributed by atoms with Gasteiger partial charge in [-0.25, -0.2) is 4.79 Å². The number of aliphatic carboxylic acids is 1. The summed E-state index contributed by atoms with van der Waals surface area (Å²) in [6, 6.07) is 4.63. The maximum Gasteiger partial charge on any atom is 0.337 e. The van der Waals surface area contributed by atoms with E-state index in [1.165, 1.54) is 32.1 Å². The highest BCUT2D eigenvalue weighted by Crippen LogP contribution is 2.34. The molecule has 98 valence electrons. The Morgan fingerprint density at radius 3 is 2.72 bits per heavy atom. The molecule has 5 heteroatoms. The van der Waals surface area contributed by atoms with Gasteiger partial charge in [-0.1, -0.05) is 6.07 Å². The summed E-state index contributed by atoms with van der Waals surface area (Å²) in [6.07, 6.45) is 0.790. The molecule has 1 aliphatic rings. The number of benzene rings is 1. The molecule has 0 amide bonds. The molecule has 2 N–H and O–H groups in total. The smallest absolute Gasteiger partial charge is 0.337 e. The van der Waals surface area contributed by atoms with Crippen LogP contribution in [0.3, 0.4) is 0 Å². The van der Waals surface area contributed by atoms with Crippen LogP contribution in [0, 0.1) is 5.92 Å². The lowest BCUT2D eigenvalue weighted by Gasteiger charge is -2.13. The minimum absolute atomic E-state index is 0.286. The Morgan fingerprint density at radius 1 is 1.44 bits per heavy atom. The largest absolute Gasteiger partial charge is 0.493 e. The molecule has 2 rings (SSSR count). The molecule has 0 heterocycles. The SMILES string of the molecule is COc1ccc(C(O)C(=O)O)cc1OCC1CC1. The maximum atomic E-state index is 10.7. The van der Waals surface area contributed by atoms with Crippen molar-refractivity contribution in [2.45, 2.75) is 18.9 Å². The fourth-order valence-electron chi connectivity index (χ4n) is 1.61. The van der Waals surface area contributed by atoms with Crippen molar-refractivity contribution in [2.75, 3.05) is 13.7 Å². The van der Waals surface area contributed by atoms with E-state index in [9.17, 15) is 9.90 Å². The highest BCUT2D eigenvalue weighted by atomic mass is 16.5. The summed E-state index contributed by atoms with van der Waals surface area (Å²) in [5, 5.41) is 18.2. The van der Waals surface area contributed by atoms with Gasteiger partial charge in [0, 0.05) is 0 Å². The molecule has 0 bridgehead atoms. The topological polar surface area (TPSA) is 76.0 Å². The van der Waals surface area contributed by atoms with Crippen LogP contribution in [0.25, 0.3) is 0 Å². The summed E-state index contributed by atoms with van der Waals surface area (Å²) in [7, 11) is 1.52. The van der Waals surface area contributed by atoms with E-state index >= 15 is 0 Å². The predicted molar refractivity (Wildman–Crippen MR) is 63.8 cm³/mol. The standard InChI is InChI=1S/C13H16O5/c1-17-10-5-4-9(12(14)13(15)16)6-11(10)18-7-8-2-3-8/h4-6,8,12,14H,2-3,7H2,1H3,(H,15,16). The molecule has 1 aliphatic carbocycles. The molecule has 1 saturated carbocycles. The summed E-state index contributed by atoms with van der Waals surface area (Å²) in [5.74, 6) is 0.315. The normalized spacial score (nSPS) is 16.1. The van der Waals surface area contributed by atoms with Crippen LogP contribution in [0.15, 0.2) is 18.2 Å². The molecular weight excluding hydrogens is 236 g/mol. The molecule has 0 saturated heterocycles. The van der Waals surface area contributed by atoms with Gasteiger partial charge in [-0.3, -0.25) is 0 Å². The van der Waals surface area contributed by atoms with Crippen LogP contribution >= 0.6 is 0 Å². The summed E-state index contributed by atoms with van der Waals surface area (Å²) in [4.78, 5) is 10.7. The predicted octanol–water partition coefficient (Wildman–Crippen LogP) is 1.60. The summed E-state index contributed by atoms with van der Waals surface area (Å²) < 4.78 is 10.7. The molecule has 1 fully saturated rings. The fraction of sp³-hybridized carbons (Fsp3) is 0.462. The Kier molecular flexibility index (Phi) is 3.72. The van der Waals surface area contributed by atoms with Gasteiger partial charge < -0.3 is 19.7 Å². The maximum absolute atomic E-state index is 10.7. The van der Waals surface area contributed by atoms with Crippen molar-refractivity contribution in [3.05, 3.63) is 23.8 Å². The monoisotopic (exact) mass is 252 g/mol. The molecule has 1 atom stereocenters. The fourth-order valence-corrected chi connectivity index (χ4v) is 1.61. The second-order valence-corrected chi connectivity index (χ2v) is 4.41. The first-order chi connectivity index (χ1) is 8.61. The van der Waals surface area contributed by atoms with Crippen molar-refractivity contribution in [3.8, 4) is 11.5 Å². The van der Waals surface area contributed by atoms with E-state index in [-0.39, 0.29) is 5.56 Å². The summed E-state index contributed by atoms with van der Waals surface area (Å²) in [5.41, 5.74) is 0.286. The van der Waals surface area contributed by atoms with Crippen molar-refractivity contribution in [1.82, 2.24) is 0 Å². The van der Waals surface area contributed by atoms with Crippen molar-refractivity contribution >= 4 is 5.97 Å². The molecule has 0 spiro atoms. The van der Waals surface area contributed by atoms with Crippen LogP contribution in [-0.2, 0) is 4.79 Å². The molecular formula is C13H16O5. The number of methoxy groups -OCH3 is 1. The Bertz CT molecular complexity index is 439. The van der Waals surface area contributed by atoms with Gasteiger partial charge in [-0.15, -0.1) is 0 Å². The first-order valence-electron chi connectivity index (χ1n) is 5.83. The third kappa shape index (κ3) is 2.92. The highest BCUT2D eigenvalue weighted by Gasteiger charge is 2.23. The molecule has 0 aliphatic heterocycles. The van der Waals surface area contributed by atoms with Gasteiger partial charge in [-0.2, -0.15) is 0 Å². The minimum Gasteiger partial charge on any atom is -0.493 e. The van der Waals surface area contributed by atoms with E-state index in [4.69, 9.17) is 14.6 Å². The lowest BCUT2D eigenvalue weighted by atomic mass is 10.1. The van der Waals surface area contributed by atoms with E-state index in [1.807, 2.05) is 0 Å². The van der Waals surface area contributed by atoms with E-state index < -0.39 is 12.1 Å². The first kappa shape index (κ1) is 12.7. The Hall–Kier alpha value is -1.75. The zero-order valence-corrected chi connectivity index (χ0v) is 10.1. The van der Waals surface area contributed by atoms with Gasteiger partial charge in [0.05, 0.1) is 13.7 Å². The van der Waals surface area contributed by atoms with Gasteiger partial charge >= 0.3 is 5.97 Å². The Balaban J connectivity index is 2.17. The van der Waals surface area contributed by atoms with Gasteiger partial charge in [0.15, 0.2) is 17.6 Å². The first-order valence-corrected chi connectivity index (χ1v) is 5.83. The molecule has 1 aromatic carbocycles. The van der Waals surface area contributed by atoms with Crippen LogP contribution in [-0.4, -0.2) is 29.9 Å². The van der Waals surface area contributed by atoms with Gasteiger partial charge in [0.25, 0.3) is 0 Å². The lowest BCUT2D eigenvalue weighted by molar-refractivity contribution is -0.146. The lowest BCUT2D eigenvalue weighted by Crippen LogP contribution is -2.11. The van der Waals surface area contributed by atoms with Crippen LogP contribution in [0.1, 0.15) is 24.5 Å².